The molecule has 0 bridgehead atoms. The van der Waals surface area contributed by atoms with Crippen molar-refractivity contribution in [2.75, 3.05) is 38.5 Å². The zero-order valence-electron chi connectivity index (χ0n) is 11.5. The monoisotopic (exact) mass is 278 g/mol. The molecule has 1 amide bonds. The van der Waals surface area contributed by atoms with Gasteiger partial charge in [-0.15, -0.1) is 11.8 Å². The van der Waals surface area contributed by atoms with Gasteiger partial charge in [-0.05, 0) is 18.7 Å². The number of piperazine rings is 1. The Morgan fingerprint density at radius 3 is 2.47 bits per heavy atom. The molecule has 1 aromatic carbocycles. The summed E-state index contributed by atoms with van der Waals surface area (Å²) in [6, 6.07) is 10.3. The highest BCUT2D eigenvalue weighted by Gasteiger charge is 2.19. The summed E-state index contributed by atoms with van der Waals surface area (Å²) in [5, 5.41) is 0. The SMILES string of the molecule is CCN1CCN(C(=O)CCSc2ccccc2)CC1. The molecule has 2 rings (SSSR count). The third-order valence-electron chi connectivity index (χ3n) is 3.50. The fraction of sp³-hybridized carbons (Fsp3) is 0.533. The summed E-state index contributed by atoms with van der Waals surface area (Å²) in [6.07, 6.45) is 0.645. The van der Waals surface area contributed by atoms with Crippen molar-refractivity contribution in [3.63, 3.8) is 0 Å². The first-order chi connectivity index (χ1) is 9.29. The molecule has 1 fully saturated rings. The lowest BCUT2D eigenvalue weighted by Crippen LogP contribution is -2.48. The lowest BCUT2D eigenvalue weighted by molar-refractivity contribution is -0.132. The molecule has 0 aromatic heterocycles. The smallest absolute Gasteiger partial charge is 0.223 e. The van der Waals surface area contributed by atoms with Crippen LogP contribution >= 0.6 is 11.8 Å². The Bertz CT molecular complexity index is 388. The first-order valence-electron chi connectivity index (χ1n) is 6.97. The van der Waals surface area contributed by atoms with Crippen molar-refractivity contribution < 1.29 is 4.79 Å². The van der Waals surface area contributed by atoms with Crippen molar-refractivity contribution >= 4 is 17.7 Å². The van der Waals surface area contributed by atoms with E-state index in [9.17, 15) is 4.79 Å². The number of hydrogen-bond donors (Lipinski definition) is 0. The summed E-state index contributed by atoms with van der Waals surface area (Å²) in [6.45, 7) is 7.09. The third-order valence-corrected chi connectivity index (χ3v) is 4.51. The van der Waals surface area contributed by atoms with E-state index in [1.165, 1.54) is 4.90 Å². The van der Waals surface area contributed by atoms with Gasteiger partial charge >= 0.3 is 0 Å². The van der Waals surface area contributed by atoms with Gasteiger partial charge in [0.2, 0.25) is 5.91 Å². The normalized spacial score (nSPS) is 16.6. The summed E-state index contributed by atoms with van der Waals surface area (Å²) in [5.74, 6) is 1.18. The number of likely N-dealkylation sites (N-methyl/N-ethyl adjacent to an activating group) is 1. The van der Waals surface area contributed by atoms with Gasteiger partial charge in [-0.25, -0.2) is 0 Å². The molecule has 0 saturated carbocycles. The Hall–Kier alpha value is -1.00. The van der Waals surface area contributed by atoms with E-state index in [-0.39, 0.29) is 0 Å². The topological polar surface area (TPSA) is 23.6 Å². The Labute approximate surface area is 120 Å². The molecule has 0 N–H and O–H groups in total. The van der Waals surface area contributed by atoms with E-state index in [0.717, 1.165) is 38.5 Å². The average Bonchev–Trinajstić information content (AvgIpc) is 2.48. The molecular formula is C15H22N2OS. The van der Waals surface area contributed by atoms with Gasteiger partial charge in [-0.3, -0.25) is 4.79 Å². The fourth-order valence-corrected chi connectivity index (χ4v) is 3.11. The maximum atomic E-state index is 12.1. The maximum absolute atomic E-state index is 12.1. The standard InChI is InChI=1S/C15H22N2OS/c1-2-16-9-11-17(12-10-16)15(18)8-13-19-14-6-4-3-5-7-14/h3-7H,2,8-13H2,1H3. The first kappa shape index (κ1) is 14.4. The van der Waals surface area contributed by atoms with Gasteiger partial charge in [-0.1, -0.05) is 25.1 Å². The van der Waals surface area contributed by atoms with Crippen molar-refractivity contribution in [3.8, 4) is 0 Å². The number of hydrogen-bond acceptors (Lipinski definition) is 3. The molecule has 1 saturated heterocycles. The van der Waals surface area contributed by atoms with Gasteiger partial charge < -0.3 is 9.80 Å². The Kier molecular flexibility index (Phi) is 5.73. The molecule has 1 aromatic rings. The molecule has 1 aliphatic heterocycles. The predicted molar refractivity (Wildman–Crippen MR) is 80.5 cm³/mol. The number of thioether (sulfide) groups is 1. The van der Waals surface area contributed by atoms with Crippen LogP contribution in [0.25, 0.3) is 0 Å². The van der Waals surface area contributed by atoms with Crippen LogP contribution in [0.4, 0.5) is 0 Å². The largest absolute Gasteiger partial charge is 0.340 e. The molecule has 0 unspecified atom stereocenters. The highest BCUT2D eigenvalue weighted by Crippen LogP contribution is 2.18. The van der Waals surface area contributed by atoms with Crippen molar-refractivity contribution in [1.29, 1.82) is 0 Å². The number of benzene rings is 1. The number of rotatable bonds is 5. The summed E-state index contributed by atoms with van der Waals surface area (Å²) >= 11 is 1.76. The lowest BCUT2D eigenvalue weighted by Gasteiger charge is -2.34. The second kappa shape index (κ2) is 7.56. The van der Waals surface area contributed by atoms with Gasteiger partial charge in [0.1, 0.15) is 0 Å². The quantitative estimate of drug-likeness (QED) is 0.772. The summed E-state index contributed by atoms with van der Waals surface area (Å²) in [4.78, 5) is 17.7. The second-order valence-corrected chi connectivity index (χ2v) is 5.89. The molecular weight excluding hydrogens is 256 g/mol. The Morgan fingerprint density at radius 2 is 1.84 bits per heavy atom. The number of carbonyl (C=O) groups excluding carboxylic acids is 1. The Balaban J connectivity index is 1.67. The lowest BCUT2D eigenvalue weighted by atomic mass is 10.3. The van der Waals surface area contributed by atoms with Crippen LogP contribution in [0.5, 0.6) is 0 Å². The van der Waals surface area contributed by atoms with Crippen LogP contribution in [0.3, 0.4) is 0 Å². The van der Waals surface area contributed by atoms with E-state index in [1.54, 1.807) is 11.8 Å². The molecule has 4 heteroatoms. The van der Waals surface area contributed by atoms with Crippen molar-refractivity contribution in [3.05, 3.63) is 30.3 Å². The highest BCUT2D eigenvalue weighted by atomic mass is 32.2. The van der Waals surface area contributed by atoms with Crippen LogP contribution in [-0.2, 0) is 4.79 Å². The molecule has 0 radical (unpaired) electrons. The zero-order valence-corrected chi connectivity index (χ0v) is 12.4. The molecule has 1 aliphatic rings. The average molecular weight is 278 g/mol. The maximum Gasteiger partial charge on any atom is 0.223 e. The molecule has 0 atom stereocenters. The number of amides is 1. The van der Waals surface area contributed by atoms with Crippen molar-refractivity contribution in [2.45, 2.75) is 18.2 Å². The zero-order chi connectivity index (χ0) is 13.5. The minimum absolute atomic E-state index is 0.305. The van der Waals surface area contributed by atoms with E-state index in [4.69, 9.17) is 0 Å². The fourth-order valence-electron chi connectivity index (χ4n) is 2.24. The van der Waals surface area contributed by atoms with E-state index < -0.39 is 0 Å². The summed E-state index contributed by atoms with van der Waals surface area (Å²) < 4.78 is 0. The van der Waals surface area contributed by atoms with Crippen LogP contribution in [0, 0.1) is 0 Å². The molecule has 3 nitrogen and oxygen atoms in total. The van der Waals surface area contributed by atoms with Crippen LogP contribution in [0.2, 0.25) is 0 Å². The minimum Gasteiger partial charge on any atom is -0.340 e. The molecule has 0 aliphatic carbocycles. The second-order valence-electron chi connectivity index (χ2n) is 4.73. The molecule has 1 heterocycles. The summed E-state index contributed by atoms with van der Waals surface area (Å²) in [5.41, 5.74) is 0. The van der Waals surface area contributed by atoms with Gasteiger partial charge in [-0.2, -0.15) is 0 Å². The van der Waals surface area contributed by atoms with Gasteiger partial charge in [0, 0.05) is 43.2 Å². The van der Waals surface area contributed by atoms with Crippen LogP contribution in [0.15, 0.2) is 35.2 Å². The van der Waals surface area contributed by atoms with E-state index in [2.05, 4.69) is 24.0 Å². The molecule has 19 heavy (non-hydrogen) atoms. The van der Waals surface area contributed by atoms with Crippen LogP contribution in [0.1, 0.15) is 13.3 Å². The van der Waals surface area contributed by atoms with Crippen LogP contribution < -0.4 is 0 Å². The van der Waals surface area contributed by atoms with Crippen LogP contribution in [-0.4, -0.2) is 54.2 Å². The van der Waals surface area contributed by atoms with Gasteiger partial charge in [0.15, 0.2) is 0 Å². The van der Waals surface area contributed by atoms with Crippen molar-refractivity contribution in [2.24, 2.45) is 0 Å². The number of nitrogens with zero attached hydrogens (tertiary/aromatic N) is 2. The van der Waals surface area contributed by atoms with E-state index in [1.807, 2.05) is 23.1 Å². The molecule has 0 spiro atoms. The van der Waals surface area contributed by atoms with Gasteiger partial charge in [0.25, 0.3) is 0 Å². The van der Waals surface area contributed by atoms with Crippen molar-refractivity contribution in [1.82, 2.24) is 9.80 Å². The third kappa shape index (κ3) is 4.55. The van der Waals surface area contributed by atoms with E-state index in [0.29, 0.717) is 12.3 Å². The Morgan fingerprint density at radius 1 is 1.16 bits per heavy atom. The molecule has 104 valence electrons. The highest BCUT2D eigenvalue weighted by molar-refractivity contribution is 7.99. The summed E-state index contributed by atoms with van der Waals surface area (Å²) in [7, 11) is 0. The van der Waals surface area contributed by atoms with E-state index >= 15 is 0 Å². The first-order valence-corrected chi connectivity index (χ1v) is 7.96. The number of carbonyl (C=O) groups is 1. The predicted octanol–water partition coefficient (Wildman–Crippen LogP) is 2.33. The minimum atomic E-state index is 0.305. The van der Waals surface area contributed by atoms with Gasteiger partial charge in [0.05, 0.1) is 0 Å².